The number of hydrogen-bond donors (Lipinski definition) is 1. The largest absolute Gasteiger partial charge is 0.310 e. The Morgan fingerprint density at radius 3 is 3.00 bits per heavy atom. The first kappa shape index (κ1) is 8.02. The summed E-state index contributed by atoms with van der Waals surface area (Å²) >= 11 is 5.69. The van der Waals surface area contributed by atoms with Crippen molar-refractivity contribution in [3.8, 4) is 0 Å². The van der Waals surface area contributed by atoms with Crippen molar-refractivity contribution in [2.24, 2.45) is 0 Å². The van der Waals surface area contributed by atoms with Crippen LogP contribution in [0, 0.1) is 0 Å². The highest BCUT2D eigenvalue weighted by atomic mass is 35.5. The summed E-state index contributed by atoms with van der Waals surface area (Å²) in [4.78, 5) is 4.05. The van der Waals surface area contributed by atoms with E-state index in [1.165, 1.54) is 18.4 Å². The fourth-order valence-electron chi connectivity index (χ4n) is 1.56. The zero-order valence-electron chi connectivity index (χ0n) is 6.76. The number of aromatic nitrogens is 1. The van der Waals surface area contributed by atoms with Crippen molar-refractivity contribution in [3.63, 3.8) is 0 Å². The van der Waals surface area contributed by atoms with E-state index in [1.807, 2.05) is 18.3 Å². The fraction of sp³-hybridized carbons (Fsp3) is 0.444. The summed E-state index contributed by atoms with van der Waals surface area (Å²) < 4.78 is 0. The highest BCUT2D eigenvalue weighted by Crippen LogP contribution is 2.22. The Bertz CT molecular complexity index is 252. The summed E-state index contributed by atoms with van der Waals surface area (Å²) in [6.07, 6.45) is 4.32. The van der Waals surface area contributed by atoms with E-state index in [-0.39, 0.29) is 0 Å². The Kier molecular flexibility index (Phi) is 2.28. The van der Waals surface area contributed by atoms with Gasteiger partial charge in [-0.05, 0) is 31.0 Å². The molecule has 0 spiro atoms. The molecule has 12 heavy (non-hydrogen) atoms. The number of nitrogens with zero attached hydrogens (tertiary/aromatic N) is 1. The Morgan fingerprint density at radius 1 is 1.50 bits per heavy atom. The normalized spacial score (nSPS) is 22.9. The number of rotatable bonds is 1. The predicted octanol–water partition coefficient (Wildman–Crippen LogP) is 2.16. The maximum atomic E-state index is 5.69. The minimum absolute atomic E-state index is 0.495. The van der Waals surface area contributed by atoms with Crippen LogP contribution in [0.25, 0.3) is 0 Å². The first-order valence-electron chi connectivity index (χ1n) is 4.21. The van der Waals surface area contributed by atoms with Crippen LogP contribution < -0.4 is 5.32 Å². The van der Waals surface area contributed by atoms with Crippen molar-refractivity contribution in [3.05, 3.63) is 29.0 Å². The van der Waals surface area contributed by atoms with Crippen LogP contribution in [0.4, 0.5) is 0 Å². The molecule has 1 aliphatic rings. The van der Waals surface area contributed by atoms with Crippen molar-refractivity contribution in [1.82, 2.24) is 10.3 Å². The van der Waals surface area contributed by atoms with Gasteiger partial charge in [0.05, 0.1) is 0 Å². The third kappa shape index (κ3) is 1.59. The first-order chi connectivity index (χ1) is 5.86. The Morgan fingerprint density at radius 2 is 2.42 bits per heavy atom. The molecule has 1 saturated heterocycles. The minimum atomic E-state index is 0.495. The van der Waals surface area contributed by atoms with E-state index >= 15 is 0 Å². The lowest BCUT2D eigenvalue weighted by Gasteiger charge is -2.08. The zero-order chi connectivity index (χ0) is 8.39. The van der Waals surface area contributed by atoms with Gasteiger partial charge in [0.2, 0.25) is 0 Å². The standard InChI is InChI=1S/C9H11ClN2/c10-9-4-3-7(6-12-9)8-2-1-5-11-8/h3-4,6,8,11H,1-2,5H2/t8-/m1/s1. The fourth-order valence-corrected chi connectivity index (χ4v) is 1.67. The van der Waals surface area contributed by atoms with Gasteiger partial charge in [0, 0.05) is 12.2 Å². The molecule has 0 radical (unpaired) electrons. The van der Waals surface area contributed by atoms with Gasteiger partial charge in [-0.3, -0.25) is 0 Å². The van der Waals surface area contributed by atoms with Crippen molar-refractivity contribution < 1.29 is 0 Å². The molecule has 2 rings (SSSR count). The first-order valence-corrected chi connectivity index (χ1v) is 4.59. The maximum absolute atomic E-state index is 5.69. The molecule has 2 nitrogen and oxygen atoms in total. The van der Waals surface area contributed by atoms with E-state index < -0.39 is 0 Å². The average molecular weight is 183 g/mol. The molecule has 1 fully saturated rings. The topological polar surface area (TPSA) is 24.9 Å². The van der Waals surface area contributed by atoms with E-state index in [2.05, 4.69) is 10.3 Å². The Hall–Kier alpha value is -0.600. The van der Waals surface area contributed by atoms with Gasteiger partial charge in [0.15, 0.2) is 0 Å². The molecule has 0 unspecified atom stereocenters. The zero-order valence-corrected chi connectivity index (χ0v) is 7.51. The van der Waals surface area contributed by atoms with E-state index in [9.17, 15) is 0 Å². The van der Waals surface area contributed by atoms with Crippen LogP contribution in [0.2, 0.25) is 5.15 Å². The van der Waals surface area contributed by atoms with Crippen LogP contribution in [0.3, 0.4) is 0 Å². The van der Waals surface area contributed by atoms with Crippen molar-refractivity contribution in [2.45, 2.75) is 18.9 Å². The van der Waals surface area contributed by atoms with Crippen LogP contribution in [-0.4, -0.2) is 11.5 Å². The van der Waals surface area contributed by atoms with Crippen molar-refractivity contribution in [1.29, 1.82) is 0 Å². The van der Waals surface area contributed by atoms with Crippen LogP contribution in [0.1, 0.15) is 24.4 Å². The molecule has 64 valence electrons. The number of hydrogen-bond acceptors (Lipinski definition) is 2. The predicted molar refractivity (Wildman–Crippen MR) is 49.2 cm³/mol. The van der Waals surface area contributed by atoms with E-state index in [0.717, 1.165) is 6.54 Å². The Balaban J connectivity index is 2.17. The SMILES string of the molecule is Clc1ccc([C@H]2CCCN2)cn1. The molecule has 0 aliphatic carbocycles. The number of nitrogens with one attached hydrogen (secondary N) is 1. The average Bonchev–Trinajstić information content (AvgIpc) is 2.58. The van der Waals surface area contributed by atoms with Crippen molar-refractivity contribution in [2.75, 3.05) is 6.54 Å². The molecule has 0 saturated carbocycles. The van der Waals surface area contributed by atoms with Crippen LogP contribution >= 0.6 is 11.6 Å². The summed E-state index contributed by atoms with van der Waals surface area (Å²) in [5.41, 5.74) is 1.25. The van der Waals surface area contributed by atoms with Gasteiger partial charge < -0.3 is 5.32 Å². The molecule has 3 heteroatoms. The summed E-state index contributed by atoms with van der Waals surface area (Å²) in [7, 11) is 0. The smallest absolute Gasteiger partial charge is 0.129 e. The lowest BCUT2D eigenvalue weighted by Crippen LogP contribution is -2.12. The number of halogens is 1. The Labute approximate surface area is 77.0 Å². The quantitative estimate of drug-likeness (QED) is 0.674. The van der Waals surface area contributed by atoms with Crippen LogP contribution in [-0.2, 0) is 0 Å². The van der Waals surface area contributed by atoms with Gasteiger partial charge in [-0.25, -0.2) is 4.98 Å². The molecule has 1 aliphatic heterocycles. The lowest BCUT2D eigenvalue weighted by atomic mass is 10.1. The highest BCUT2D eigenvalue weighted by Gasteiger charge is 2.15. The third-order valence-corrected chi connectivity index (χ3v) is 2.44. The molecule has 1 atom stereocenters. The van der Waals surface area contributed by atoms with Gasteiger partial charge in [0.25, 0.3) is 0 Å². The third-order valence-electron chi connectivity index (χ3n) is 2.21. The lowest BCUT2D eigenvalue weighted by molar-refractivity contribution is 0.645. The van der Waals surface area contributed by atoms with Gasteiger partial charge in [-0.1, -0.05) is 17.7 Å². The second-order valence-corrected chi connectivity index (χ2v) is 3.45. The molecule has 0 bridgehead atoms. The van der Waals surface area contributed by atoms with Crippen LogP contribution in [0.15, 0.2) is 18.3 Å². The van der Waals surface area contributed by atoms with Crippen LogP contribution in [0.5, 0.6) is 0 Å². The molecular weight excluding hydrogens is 172 g/mol. The van der Waals surface area contributed by atoms with E-state index in [0.29, 0.717) is 11.2 Å². The molecule has 1 N–H and O–H groups in total. The van der Waals surface area contributed by atoms with Gasteiger partial charge in [0.1, 0.15) is 5.15 Å². The number of pyridine rings is 1. The summed E-state index contributed by atoms with van der Waals surface area (Å²) in [5.74, 6) is 0. The molecular formula is C9H11ClN2. The second-order valence-electron chi connectivity index (χ2n) is 3.06. The summed E-state index contributed by atoms with van der Waals surface area (Å²) in [6, 6.07) is 4.38. The van der Waals surface area contributed by atoms with E-state index in [1.54, 1.807) is 0 Å². The van der Waals surface area contributed by atoms with Crippen molar-refractivity contribution >= 4 is 11.6 Å². The van der Waals surface area contributed by atoms with E-state index in [4.69, 9.17) is 11.6 Å². The molecule has 2 heterocycles. The molecule has 0 aromatic carbocycles. The highest BCUT2D eigenvalue weighted by molar-refractivity contribution is 6.29. The summed E-state index contributed by atoms with van der Waals surface area (Å²) in [6.45, 7) is 1.12. The molecule has 1 aromatic heterocycles. The molecule has 1 aromatic rings. The van der Waals surface area contributed by atoms with Gasteiger partial charge >= 0.3 is 0 Å². The monoisotopic (exact) mass is 182 g/mol. The second kappa shape index (κ2) is 3.42. The van der Waals surface area contributed by atoms with Gasteiger partial charge in [-0.15, -0.1) is 0 Å². The minimum Gasteiger partial charge on any atom is -0.310 e. The maximum Gasteiger partial charge on any atom is 0.129 e. The summed E-state index contributed by atoms with van der Waals surface area (Å²) in [5, 5.41) is 3.98. The van der Waals surface area contributed by atoms with Gasteiger partial charge in [-0.2, -0.15) is 0 Å². The molecule has 0 amide bonds.